The molecule has 1 aliphatic rings. The number of benzene rings is 2. The first-order valence-electron chi connectivity index (χ1n) is 9.52. The minimum absolute atomic E-state index is 0.0280. The molecule has 0 amide bonds. The third kappa shape index (κ3) is 5.12. The van der Waals surface area contributed by atoms with Gasteiger partial charge in [0.2, 0.25) is 0 Å². The monoisotopic (exact) mass is 477 g/mol. The lowest BCUT2D eigenvalue weighted by molar-refractivity contribution is -0.129. The predicted molar refractivity (Wildman–Crippen MR) is 117 cm³/mol. The summed E-state index contributed by atoms with van der Waals surface area (Å²) >= 11 is 3.43. The van der Waals surface area contributed by atoms with Crippen molar-refractivity contribution in [3.63, 3.8) is 0 Å². The van der Waals surface area contributed by atoms with Crippen molar-refractivity contribution in [3.05, 3.63) is 45.9 Å². The predicted octanol–water partition coefficient (Wildman–Crippen LogP) is 4.00. The van der Waals surface area contributed by atoms with Crippen LogP contribution in [0.4, 0.5) is 0 Å². The van der Waals surface area contributed by atoms with E-state index in [2.05, 4.69) is 20.9 Å². The van der Waals surface area contributed by atoms with Crippen LogP contribution in [0.1, 0.15) is 24.2 Å². The number of hydrogen-bond acceptors (Lipinski definition) is 7. The smallest absolute Gasteiger partial charge is 0.187 e. The summed E-state index contributed by atoms with van der Waals surface area (Å²) in [6.45, 7) is 3.21. The number of ether oxygens (including phenoxy) is 5. The van der Waals surface area contributed by atoms with Crippen LogP contribution >= 0.6 is 15.9 Å². The fraction of sp³-hybridized carbons (Fsp3) is 0.364. The maximum Gasteiger partial charge on any atom is 0.187 e. The molecule has 30 heavy (non-hydrogen) atoms. The van der Waals surface area contributed by atoms with Gasteiger partial charge in [0.05, 0.1) is 14.2 Å². The van der Waals surface area contributed by atoms with Gasteiger partial charge in [-0.15, -0.1) is 0 Å². The summed E-state index contributed by atoms with van der Waals surface area (Å²) in [4.78, 5) is 17.1. The van der Waals surface area contributed by atoms with Crippen LogP contribution in [0.25, 0.3) is 0 Å². The first kappa shape index (κ1) is 22.1. The number of carbonyl (C=O) groups is 1. The van der Waals surface area contributed by atoms with Gasteiger partial charge in [-0.3, -0.25) is 9.79 Å². The van der Waals surface area contributed by atoms with Crippen molar-refractivity contribution in [2.45, 2.75) is 13.0 Å². The molecule has 1 heterocycles. The summed E-state index contributed by atoms with van der Waals surface area (Å²) < 4.78 is 28.2. The van der Waals surface area contributed by atoms with Gasteiger partial charge in [-0.1, -0.05) is 6.07 Å². The molecule has 0 aliphatic carbocycles. The highest BCUT2D eigenvalue weighted by atomic mass is 79.9. The Hall–Kier alpha value is -2.58. The van der Waals surface area contributed by atoms with E-state index in [0.717, 1.165) is 10.0 Å². The largest absolute Gasteiger partial charge is 0.495 e. The van der Waals surface area contributed by atoms with Crippen LogP contribution in [0, 0.1) is 0 Å². The third-order valence-corrected chi connectivity index (χ3v) is 5.23. The molecule has 3 rings (SSSR count). The standard InChI is InChI=1S/C22H24BrNO6/c1-4-28-22(15-5-6-17-18(11-15)30-8-7-29-17)16(25)13-24-12-14-9-19(26-2)21(23)20(10-14)27-3/h5-6,9-12,22H,4,7-8,13H2,1-3H3. The molecule has 2 aromatic rings. The highest BCUT2D eigenvalue weighted by Gasteiger charge is 2.23. The zero-order valence-electron chi connectivity index (χ0n) is 17.1. The van der Waals surface area contributed by atoms with E-state index >= 15 is 0 Å². The molecule has 1 atom stereocenters. The van der Waals surface area contributed by atoms with Crippen LogP contribution < -0.4 is 18.9 Å². The van der Waals surface area contributed by atoms with Crippen LogP contribution in [-0.4, -0.2) is 52.6 Å². The molecule has 7 nitrogen and oxygen atoms in total. The van der Waals surface area contributed by atoms with E-state index in [9.17, 15) is 4.79 Å². The van der Waals surface area contributed by atoms with Crippen molar-refractivity contribution in [1.29, 1.82) is 0 Å². The fourth-order valence-electron chi connectivity index (χ4n) is 3.05. The van der Waals surface area contributed by atoms with Gasteiger partial charge < -0.3 is 23.7 Å². The number of rotatable bonds is 9. The van der Waals surface area contributed by atoms with Gasteiger partial charge in [-0.25, -0.2) is 0 Å². The molecule has 1 aliphatic heterocycles. The summed E-state index contributed by atoms with van der Waals surface area (Å²) in [6, 6.07) is 9.02. The van der Waals surface area contributed by atoms with Crippen molar-refractivity contribution in [2.24, 2.45) is 4.99 Å². The Morgan fingerprint density at radius 1 is 1.13 bits per heavy atom. The molecule has 0 spiro atoms. The molecular formula is C22H24BrNO6. The quantitative estimate of drug-likeness (QED) is 0.508. The van der Waals surface area contributed by atoms with Gasteiger partial charge >= 0.3 is 0 Å². The number of Topliss-reactive ketones (excluding diaryl/α,β-unsaturated/α-hetero) is 1. The van der Waals surface area contributed by atoms with Crippen LogP contribution in [0.15, 0.2) is 39.8 Å². The first-order valence-corrected chi connectivity index (χ1v) is 10.3. The minimum atomic E-state index is -0.725. The molecule has 0 saturated carbocycles. The zero-order chi connectivity index (χ0) is 21.5. The average molecular weight is 478 g/mol. The highest BCUT2D eigenvalue weighted by molar-refractivity contribution is 9.10. The van der Waals surface area contributed by atoms with E-state index in [1.165, 1.54) is 0 Å². The van der Waals surface area contributed by atoms with Crippen LogP contribution in [0.2, 0.25) is 0 Å². The number of carbonyl (C=O) groups excluding carboxylic acids is 1. The van der Waals surface area contributed by atoms with Crippen LogP contribution in [-0.2, 0) is 9.53 Å². The second kappa shape index (κ2) is 10.4. The Bertz CT molecular complexity index is 905. The van der Waals surface area contributed by atoms with Crippen molar-refractivity contribution in [2.75, 3.05) is 40.6 Å². The molecule has 160 valence electrons. The van der Waals surface area contributed by atoms with Gasteiger partial charge in [0.25, 0.3) is 0 Å². The Morgan fingerprint density at radius 3 is 2.43 bits per heavy atom. The third-order valence-electron chi connectivity index (χ3n) is 4.45. The number of hydrogen-bond donors (Lipinski definition) is 0. The molecule has 0 radical (unpaired) electrons. The molecule has 2 aromatic carbocycles. The summed E-state index contributed by atoms with van der Waals surface area (Å²) in [5, 5.41) is 0. The lowest BCUT2D eigenvalue weighted by atomic mass is 10.0. The topological polar surface area (TPSA) is 75.6 Å². The van der Waals surface area contributed by atoms with Crippen LogP contribution in [0.3, 0.4) is 0 Å². The number of fused-ring (bicyclic) bond motifs is 1. The van der Waals surface area contributed by atoms with Gasteiger partial charge in [-0.05, 0) is 58.2 Å². The molecular weight excluding hydrogens is 454 g/mol. The van der Waals surface area contributed by atoms with Gasteiger partial charge in [0.15, 0.2) is 17.3 Å². The molecule has 0 saturated heterocycles. The molecule has 1 unspecified atom stereocenters. The van der Waals surface area contributed by atoms with E-state index in [-0.39, 0.29) is 12.3 Å². The van der Waals surface area contributed by atoms with E-state index in [4.69, 9.17) is 23.7 Å². The second-order valence-electron chi connectivity index (χ2n) is 6.41. The second-order valence-corrected chi connectivity index (χ2v) is 7.21. The van der Waals surface area contributed by atoms with Gasteiger partial charge in [0.1, 0.15) is 41.8 Å². The van der Waals surface area contributed by atoms with Crippen molar-refractivity contribution in [1.82, 2.24) is 0 Å². The van der Waals surface area contributed by atoms with Crippen molar-refractivity contribution in [3.8, 4) is 23.0 Å². The van der Waals surface area contributed by atoms with Crippen LogP contribution in [0.5, 0.6) is 23.0 Å². The summed E-state index contributed by atoms with van der Waals surface area (Å²) in [5.74, 6) is 2.37. The van der Waals surface area contributed by atoms with E-state index in [0.29, 0.717) is 48.4 Å². The molecule has 0 aromatic heterocycles. The van der Waals surface area contributed by atoms with Crippen molar-refractivity contribution >= 4 is 27.9 Å². The maximum atomic E-state index is 12.8. The summed E-state index contributed by atoms with van der Waals surface area (Å²) in [6.07, 6.45) is 0.888. The highest BCUT2D eigenvalue weighted by Crippen LogP contribution is 2.35. The Labute approximate surface area is 184 Å². The molecule has 8 heteroatoms. The Balaban J connectivity index is 1.74. The Morgan fingerprint density at radius 2 is 1.80 bits per heavy atom. The van der Waals surface area contributed by atoms with Gasteiger partial charge in [-0.2, -0.15) is 0 Å². The van der Waals surface area contributed by atoms with Gasteiger partial charge in [0, 0.05) is 12.8 Å². The van der Waals surface area contributed by atoms with E-state index in [1.807, 2.05) is 13.0 Å². The number of nitrogens with zero attached hydrogens (tertiary/aromatic N) is 1. The average Bonchev–Trinajstić information content (AvgIpc) is 2.77. The molecule has 0 bridgehead atoms. The number of aliphatic imine (C=N–C) groups is 1. The first-order chi connectivity index (χ1) is 14.6. The number of halogens is 1. The summed E-state index contributed by atoms with van der Waals surface area (Å²) in [7, 11) is 3.15. The fourth-order valence-corrected chi connectivity index (χ4v) is 3.61. The lowest BCUT2D eigenvalue weighted by Crippen LogP contribution is -2.20. The lowest BCUT2D eigenvalue weighted by Gasteiger charge is -2.21. The normalized spacial score (nSPS) is 13.9. The van der Waals surface area contributed by atoms with E-state index in [1.54, 1.807) is 44.7 Å². The number of ketones is 1. The number of methoxy groups -OCH3 is 2. The molecule has 0 N–H and O–H groups in total. The zero-order valence-corrected chi connectivity index (χ0v) is 18.7. The minimum Gasteiger partial charge on any atom is -0.495 e. The SMILES string of the molecule is CCOC(C(=O)CN=Cc1cc(OC)c(Br)c(OC)c1)c1ccc2c(c1)OCCO2. The molecule has 0 fully saturated rings. The van der Waals surface area contributed by atoms with E-state index < -0.39 is 6.10 Å². The van der Waals surface area contributed by atoms with Crippen molar-refractivity contribution < 1.29 is 28.5 Å². The Kier molecular flexibility index (Phi) is 7.70. The maximum absolute atomic E-state index is 12.8. The summed E-state index contributed by atoms with van der Waals surface area (Å²) in [5.41, 5.74) is 1.47.